The van der Waals surface area contributed by atoms with Crippen molar-refractivity contribution in [2.45, 2.75) is 32.7 Å². The van der Waals surface area contributed by atoms with Gasteiger partial charge in [-0.3, -0.25) is 4.79 Å². The minimum Gasteiger partial charge on any atom is -0.397 e. The van der Waals surface area contributed by atoms with Crippen molar-refractivity contribution in [2.24, 2.45) is 0 Å². The Kier molecular flexibility index (Phi) is 6.20. The van der Waals surface area contributed by atoms with E-state index in [1.54, 1.807) is 0 Å². The maximum atomic E-state index is 12.6. The van der Waals surface area contributed by atoms with E-state index in [1.807, 2.05) is 19.1 Å². The van der Waals surface area contributed by atoms with Crippen molar-refractivity contribution in [2.75, 3.05) is 36.8 Å². The number of nitrogens with one attached hydrogen (secondary N) is 2. The lowest BCUT2D eigenvalue weighted by Crippen LogP contribution is -2.32. The third kappa shape index (κ3) is 4.42. The predicted molar refractivity (Wildman–Crippen MR) is 126 cm³/mol. The third-order valence-electron chi connectivity index (χ3n) is 5.62. The second kappa shape index (κ2) is 9.02. The van der Waals surface area contributed by atoms with Crippen LogP contribution in [0.5, 0.6) is 0 Å². The molecule has 1 saturated heterocycles. The molecule has 1 amide bonds. The highest BCUT2D eigenvalue weighted by atomic mass is 32.1. The summed E-state index contributed by atoms with van der Waals surface area (Å²) in [5.41, 5.74) is 10.1. The largest absolute Gasteiger partial charge is 0.397 e. The third-order valence-corrected chi connectivity index (χ3v) is 6.74. The van der Waals surface area contributed by atoms with Gasteiger partial charge in [-0.1, -0.05) is 19.1 Å². The van der Waals surface area contributed by atoms with E-state index in [0.29, 0.717) is 23.2 Å². The summed E-state index contributed by atoms with van der Waals surface area (Å²) >= 11 is 1.35. The Morgan fingerprint density at radius 1 is 1.27 bits per heavy atom. The zero-order valence-electron chi connectivity index (χ0n) is 17.6. The van der Waals surface area contributed by atoms with Gasteiger partial charge in [-0.15, -0.1) is 11.3 Å². The van der Waals surface area contributed by atoms with Crippen LogP contribution in [0.25, 0.3) is 10.2 Å². The highest BCUT2D eigenvalue weighted by molar-refractivity contribution is 7.21. The topological polar surface area (TPSA) is 83.3 Å². The number of pyridine rings is 1. The number of hydrogen-bond acceptors (Lipinski definition) is 6. The number of rotatable bonds is 7. The smallest absolute Gasteiger partial charge is 0.263 e. The van der Waals surface area contributed by atoms with Gasteiger partial charge in [-0.25, -0.2) is 4.98 Å². The molecular formula is C23H29N5OS. The molecule has 0 bridgehead atoms. The molecule has 1 fully saturated rings. The molecule has 1 atom stereocenters. The summed E-state index contributed by atoms with van der Waals surface area (Å²) in [4.78, 5) is 20.9. The Morgan fingerprint density at radius 3 is 2.83 bits per heavy atom. The Hall–Kier alpha value is -2.64. The van der Waals surface area contributed by atoms with Crippen LogP contribution < -0.4 is 21.3 Å². The maximum absolute atomic E-state index is 12.6. The van der Waals surface area contributed by atoms with Gasteiger partial charge < -0.3 is 21.3 Å². The molecule has 3 heterocycles. The van der Waals surface area contributed by atoms with Crippen molar-refractivity contribution in [3.8, 4) is 0 Å². The second-order valence-electron chi connectivity index (χ2n) is 7.81. The van der Waals surface area contributed by atoms with E-state index in [0.717, 1.165) is 42.0 Å². The zero-order chi connectivity index (χ0) is 21.1. The summed E-state index contributed by atoms with van der Waals surface area (Å²) in [6, 6.07) is 13.1. The van der Waals surface area contributed by atoms with Crippen LogP contribution in [0, 0.1) is 6.92 Å². The van der Waals surface area contributed by atoms with Crippen LogP contribution in [0.3, 0.4) is 0 Å². The van der Waals surface area contributed by atoms with Crippen LogP contribution >= 0.6 is 11.3 Å². The van der Waals surface area contributed by atoms with Crippen molar-refractivity contribution in [1.29, 1.82) is 0 Å². The second-order valence-corrected chi connectivity index (χ2v) is 8.81. The summed E-state index contributed by atoms with van der Waals surface area (Å²) in [6.45, 7) is 7.84. The first kappa shape index (κ1) is 20.6. The Balaban J connectivity index is 1.31. The molecule has 4 N–H and O–H groups in total. The standard InChI is InChI=1S/C23H29N5OS/c1-3-25-17-11-13-28(14-17)18-7-5-16(6-8-18)10-12-26-22(29)21-20(24)19-9-4-15(2)27-23(19)30-21/h4-9,17,25H,3,10-14,24H2,1-2H3,(H,26,29). The van der Waals surface area contributed by atoms with E-state index in [-0.39, 0.29) is 5.91 Å². The fraction of sp³-hybridized carbons (Fsp3) is 0.391. The molecule has 2 aromatic heterocycles. The first-order valence-electron chi connectivity index (χ1n) is 10.6. The molecular weight excluding hydrogens is 394 g/mol. The minimum absolute atomic E-state index is 0.128. The summed E-state index contributed by atoms with van der Waals surface area (Å²) in [7, 11) is 0. The number of fused-ring (bicyclic) bond motifs is 1. The van der Waals surface area contributed by atoms with E-state index in [4.69, 9.17) is 5.73 Å². The molecule has 0 spiro atoms. The van der Waals surface area contributed by atoms with Gasteiger partial charge in [0.1, 0.15) is 9.71 Å². The Morgan fingerprint density at radius 2 is 2.07 bits per heavy atom. The monoisotopic (exact) mass is 423 g/mol. The van der Waals surface area contributed by atoms with Crippen molar-refractivity contribution < 1.29 is 4.79 Å². The lowest BCUT2D eigenvalue weighted by molar-refractivity contribution is 0.0959. The van der Waals surface area contributed by atoms with Gasteiger partial charge in [0.25, 0.3) is 5.91 Å². The fourth-order valence-corrected chi connectivity index (χ4v) is 5.04. The van der Waals surface area contributed by atoms with Crippen molar-refractivity contribution in [3.05, 3.63) is 52.5 Å². The number of thiophene rings is 1. The average molecular weight is 424 g/mol. The average Bonchev–Trinajstić information content (AvgIpc) is 3.33. The van der Waals surface area contributed by atoms with Gasteiger partial charge in [-0.05, 0) is 56.1 Å². The molecule has 6 nitrogen and oxygen atoms in total. The first-order valence-corrected chi connectivity index (χ1v) is 11.4. The van der Waals surface area contributed by atoms with Gasteiger partial charge in [0, 0.05) is 42.4 Å². The summed E-state index contributed by atoms with van der Waals surface area (Å²) < 4.78 is 0. The van der Waals surface area contributed by atoms with Gasteiger partial charge in [0.15, 0.2) is 0 Å². The number of nitrogens with zero attached hydrogens (tertiary/aromatic N) is 2. The van der Waals surface area contributed by atoms with Crippen LogP contribution in [0.15, 0.2) is 36.4 Å². The zero-order valence-corrected chi connectivity index (χ0v) is 18.4. The number of anilines is 2. The minimum atomic E-state index is -0.128. The van der Waals surface area contributed by atoms with Crippen molar-refractivity contribution >= 4 is 38.8 Å². The normalized spacial score (nSPS) is 16.3. The highest BCUT2D eigenvalue weighted by Crippen LogP contribution is 2.32. The summed E-state index contributed by atoms with van der Waals surface area (Å²) in [6.07, 6.45) is 1.98. The van der Waals surface area contributed by atoms with Crippen molar-refractivity contribution in [3.63, 3.8) is 0 Å². The van der Waals surface area contributed by atoms with Crippen LogP contribution in [0.2, 0.25) is 0 Å². The van der Waals surface area contributed by atoms with Gasteiger partial charge in [0.05, 0.1) is 5.69 Å². The van der Waals surface area contributed by atoms with E-state index in [9.17, 15) is 4.79 Å². The number of nitrogens with two attached hydrogens (primary N) is 1. The number of aromatic nitrogens is 1. The van der Waals surface area contributed by atoms with Crippen LogP contribution in [-0.2, 0) is 6.42 Å². The quantitative estimate of drug-likeness (QED) is 0.543. The molecule has 1 aliphatic heterocycles. The molecule has 0 aliphatic carbocycles. The number of carbonyl (C=O) groups is 1. The first-order chi connectivity index (χ1) is 14.5. The van der Waals surface area contributed by atoms with Gasteiger partial charge in [-0.2, -0.15) is 0 Å². The highest BCUT2D eigenvalue weighted by Gasteiger charge is 2.21. The van der Waals surface area contributed by atoms with Crippen LogP contribution in [-0.4, -0.2) is 43.1 Å². The van der Waals surface area contributed by atoms with E-state index in [1.165, 1.54) is 29.0 Å². The molecule has 7 heteroatoms. The van der Waals surface area contributed by atoms with Crippen molar-refractivity contribution in [1.82, 2.24) is 15.6 Å². The molecule has 1 unspecified atom stereocenters. The summed E-state index contributed by atoms with van der Waals surface area (Å²) in [5, 5.41) is 7.38. The maximum Gasteiger partial charge on any atom is 0.263 e. The van der Waals surface area contributed by atoms with E-state index in [2.05, 4.69) is 51.7 Å². The number of likely N-dealkylation sites (N-methyl/N-ethyl adjacent to an activating group) is 1. The number of benzene rings is 1. The number of hydrogen-bond donors (Lipinski definition) is 3. The molecule has 0 radical (unpaired) electrons. The fourth-order valence-electron chi connectivity index (χ4n) is 3.98. The number of nitrogen functional groups attached to an aromatic ring is 1. The SMILES string of the molecule is CCNC1CCN(c2ccc(CCNC(=O)c3sc4nc(C)ccc4c3N)cc2)C1. The number of amides is 1. The van der Waals surface area contributed by atoms with Gasteiger partial charge >= 0.3 is 0 Å². The summed E-state index contributed by atoms with van der Waals surface area (Å²) in [5.74, 6) is -0.128. The lowest BCUT2D eigenvalue weighted by atomic mass is 10.1. The van der Waals surface area contributed by atoms with Crippen LogP contribution in [0.1, 0.15) is 34.3 Å². The molecule has 30 heavy (non-hydrogen) atoms. The Bertz CT molecular complexity index is 1030. The molecule has 4 rings (SSSR count). The van der Waals surface area contributed by atoms with Crippen LogP contribution in [0.4, 0.5) is 11.4 Å². The molecule has 0 saturated carbocycles. The lowest BCUT2D eigenvalue weighted by Gasteiger charge is -2.19. The van der Waals surface area contributed by atoms with E-state index < -0.39 is 0 Å². The Labute approximate surface area is 181 Å². The molecule has 1 aliphatic rings. The number of aryl methyl sites for hydroxylation is 1. The van der Waals surface area contributed by atoms with E-state index >= 15 is 0 Å². The molecule has 1 aromatic carbocycles. The predicted octanol–water partition coefficient (Wildman–Crippen LogP) is 3.35. The molecule has 158 valence electrons. The van der Waals surface area contributed by atoms with Gasteiger partial charge in [0.2, 0.25) is 0 Å². The number of carbonyl (C=O) groups excluding carboxylic acids is 1. The molecule has 3 aromatic rings.